The molecule has 5 heteroatoms. The summed E-state index contributed by atoms with van der Waals surface area (Å²) in [4.78, 5) is 13.9. The van der Waals surface area contributed by atoms with Crippen LogP contribution in [0.1, 0.15) is 37.7 Å². The molecule has 1 aromatic rings. The highest BCUT2D eigenvalue weighted by Gasteiger charge is 2.45. The first kappa shape index (κ1) is 15.8. The number of fused-ring (bicyclic) bond motifs is 1. The lowest BCUT2D eigenvalue weighted by atomic mass is 9.84. The first-order valence-electron chi connectivity index (χ1n) is 7.91. The molecule has 3 atom stereocenters. The van der Waals surface area contributed by atoms with Crippen molar-refractivity contribution in [3.63, 3.8) is 0 Å². The molecule has 120 valence electrons. The Labute approximate surface area is 139 Å². The summed E-state index contributed by atoms with van der Waals surface area (Å²) < 4.78 is 6.44. The van der Waals surface area contributed by atoms with Crippen LogP contribution in [0.2, 0.25) is 0 Å². The second kappa shape index (κ2) is 6.59. The summed E-state index contributed by atoms with van der Waals surface area (Å²) in [7, 11) is 1.66. The molecule has 0 bridgehead atoms. The van der Waals surface area contributed by atoms with Gasteiger partial charge in [-0.05, 0) is 43.4 Å². The van der Waals surface area contributed by atoms with E-state index in [1.54, 1.807) is 7.11 Å². The first-order valence-corrected chi connectivity index (χ1v) is 8.70. The van der Waals surface area contributed by atoms with Gasteiger partial charge in [0.2, 0.25) is 0 Å². The van der Waals surface area contributed by atoms with Crippen LogP contribution < -0.4 is 4.74 Å². The molecule has 1 N–H and O–H groups in total. The van der Waals surface area contributed by atoms with Crippen LogP contribution in [-0.2, 0) is 11.3 Å². The molecular formula is C17H22BrNO3. The maximum Gasteiger partial charge on any atom is 0.320 e. The van der Waals surface area contributed by atoms with Gasteiger partial charge in [-0.3, -0.25) is 9.69 Å². The van der Waals surface area contributed by atoms with Gasteiger partial charge in [0.1, 0.15) is 11.8 Å². The number of methoxy groups -OCH3 is 1. The van der Waals surface area contributed by atoms with E-state index in [-0.39, 0.29) is 6.04 Å². The number of carboxylic acid groups (broad SMARTS) is 1. The minimum atomic E-state index is -0.691. The summed E-state index contributed by atoms with van der Waals surface area (Å²) in [6.07, 6.45) is 5.52. The van der Waals surface area contributed by atoms with Crippen molar-refractivity contribution >= 4 is 21.9 Å². The summed E-state index contributed by atoms with van der Waals surface area (Å²) in [5.41, 5.74) is 1.05. The molecule has 1 aromatic carbocycles. The van der Waals surface area contributed by atoms with Gasteiger partial charge >= 0.3 is 5.97 Å². The van der Waals surface area contributed by atoms with Crippen molar-refractivity contribution in [3.8, 4) is 5.75 Å². The molecule has 22 heavy (non-hydrogen) atoms. The number of hydrogen-bond donors (Lipinski definition) is 1. The lowest BCUT2D eigenvalue weighted by Crippen LogP contribution is -2.41. The van der Waals surface area contributed by atoms with Crippen molar-refractivity contribution < 1.29 is 14.6 Å². The molecule has 1 aliphatic heterocycles. The highest BCUT2D eigenvalue weighted by atomic mass is 79.9. The third-order valence-electron chi connectivity index (χ3n) is 5.10. The van der Waals surface area contributed by atoms with Gasteiger partial charge in [0.15, 0.2) is 0 Å². The summed E-state index contributed by atoms with van der Waals surface area (Å²) >= 11 is 3.50. The van der Waals surface area contributed by atoms with Gasteiger partial charge in [-0.2, -0.15) is 0 Å². The van der Waals surface area contributed by atoms with Crippen LogP contribution in [0.3, 0.4) is 0 Å². The number of aliphatic carboxylic acids is 1. The third kappa shape index (κ3) is 3.01. The Morgan fingerprint density at radius 1 is 1.41 bits per heavy atom. The molecule has 0 radical (unpaired) electrons. The van der Waals surface area contributed by atoms with Gasteiger partial charge < -0.3 is 9.84 Å². The van der Waals surface area contributed by atoms with E-state index in [1.807, 2.05) is 18.2 Å². The Kier molecular flexibility index (Phi) is 4.73. The highest BCUT2D eigenvalue weighted by molar-refractivity contribution is 9.10. The van der Waals surface area contributed by atoms with Crippen LogP contribution in [0, 0.1) is 5.92 Å². The molecular weight excluding hydrogens is 346 g/mol. The SMILES string of the molecule is COc1ccc(Br)cc1CN1C(C(=O)O)CC2CCCCC21. The summed E-state index contributed by atoms with van der Waals surface area (Å²) in [5.74, 6) is 0.669. The number of carboxylic acids is 1. The second-order valence-corrected chi connectivity index (χ2v) is 7.25. The highest BCUT2D eigenvalue weighted by Crippen LogP contribution is 2.41. The van der Waals surface area contributed by atoms with Gasteiger partial charge in [0.25, 0.3) is 0 Å². The monoisotopic (exact) mass is 367 g/mol. The predicted molar refractivity (Wildman–Crippen MR) is 88.0 cm³/mol. The summed E-state index contributed by atoms with van der Waals surface area (Å²) in [6, 6.07) is 5.96. The topological polar surface area (TPSA) is 49.8 Å². The maximum absolute atomic E-state index is 11.7. The van der Waals surface area contributed by atoms with Crippen molar-refractivity contribution in [2.75, 3.05) is 7.11 Å². The minimum absolute atomic E-state index is 0.364. The molecule has 2 fully saturated rings. The maximum atomic E-state index is 11.7. The van der Waals surface area contributed by atoms with E-state index in [9.17, 15) is 9.90 Å². The van der Waals surface area contributed by atoms with Crippen molar-refractivity contribution in [3.05, 3.63) is 28.2 Å². The fraction of sp³-hybridized carbons (Fsp3) is 0.588. The number of ether oxygens (including phenoxy) is 1. The van der Waals surface area contributed by atoms with Crippen LogP contribution in [-0.4, -0.2) is 35.2 Å². The van der Waals surface area contributed by atoms with Gasteiger partial charge in [0, 0.05) is 22.6 Å². The molecule has 2 aliphatic rings. The number of carbonyl (C=O) groups is 1. The average molecular weight is 368 g/mol. The van der Waals surface area contributed by atoms with Crippen LogP contribution in [0.5, 0.6) is 5.75 Å². The number of hydrogen-bond acceptors (Lipinski definition) is 3. The molecule has 1 saturated carbocycles. The summed E-state index contributed by atoms with van der Waals surface area (Å²) in [6.45, 7) is 0.640. The Morgan fingerprint density at radius 3 is 2.91 bits per heavy atom. The van der Waals surface area contributed by atoms with Gasteiger partial charge in [0.05, 0.1) is 7.11 Å². The molecule has 1 heterocycles. The molecule has 1 saturated heterocycles. The van der Waals surface area contributed by atoms with Crippen LogP contribution >= 0.6 is 15.9 Å². The van der Waals surface area contributed by atoms with E-state index in [0.29, 0.717) is 18.5 Å². The Bertz CT molecular complexity index is 563. The smallest absolute Gasteiger partial charge is 0.320 e. The molecule has 0 amide bonds. The summed E-state index contributed by atoms with van der Waals surface area (Å²) in [5, 5.41) is 9.61. The first-order chi connectivity index (χ1) is 10.6. The van der Waals surface area contributed by atoms with Gasteiger partial charge in [-0.15, -0.1) is 0 Å². The number of nitrogens with zero attached hydrogens (tertiary/aromatic N) is 1. The standard InChI is InChI=1S/C17H22BrNO3/c1-22-16-7-6-13(18)8-12(16)10-19-14-5-3-2-4-11(14)9-15(19)17(20)21/h6-8,11,14-15H,2-5,9-10H2,1H3,(H,20,21). The second-order valence-electron chi connectivity index (χ2n) is 6.33. The van der Waals surface area contributed by atoms with Crippen molar-refractivity contribution in [2.45, 2.75) is 50.7 Å². The van der Waals surface area contributed by atoms with Crippen molar-refractivity contribution in [1.29, 1.82) is 0 Å². The molecule has 0 spiro atoms. The van der Waals surface area contributed by atoms with Gasteiger partial charge in [-0.1, -0.05) is 28.8 Å². The van der Waals surface area contributed by atoms with Crippen LogP contribution in [0.25, 0.3) is 0 Å². The predicted octanol–water partition coefficient (Wildman–Crippen LogP) is 3.68. The van der Waals surface area contributed by atoms with E-state index in [2.05, 4.69) is 20.8 Å². The van der Waals surface area contributed by atoms with E-state index < -0.39 is 5.97 Å². The zero-order valence-electron chi connectivity index (χ0n) is 12.8. The largest absolute Gasteiger partial charge is 0.496 e. The molecule has 1 aliphatic carbocycles. The lowest BCUT2D eigenvalue weighted by Gasteiger charge is -2.33. The average Bonchev–Trinajstić information content (AvgIpc) is 2.87. The van der Waals surface area contributed by atoms with Crippen LogP contribution in [0.15, 0.2) is 22.7 Å². The van der Waals surface area contributed by atoms with E-state index in [0.717, 1.165) is 28.6 Å². The molecule has 3 rings (SSSR count). The zero-order valence-corrected chi connectivity index (χ0v) is 14.4. The number of rotatable bonds is 4. The zero-order chi connectivity index (χ0) is 15.7. The van der Waals surface area contributed by atoms with Gasteiger partial charge in [-0.25, -0.2) is 0 Å². The fourth-order valence-corrected chi connectivity index (χ4v) is 4.50. The molecule has 0 aromatic heterocycles. The molecule has 3 unspecified atom stereocenters. The third-order valence-corrected chi connectivity index (χ3v) is 5.59. The van der Waals surface area contributed by atoms with E-state index in [4.69, 9.17) is 4.74 Å². The number of likely N-dealkylation sites (tertiary alicyclic amines) is 1. The fourth-order valence-electron chi connectivity index (χ4n) is 4.09. The molecule has 4 nitrogen and oxygen atoms in total. The minimum Gasteiger partial charge on any atom is -0.496 e. The lowest BCUT2D eigenvalue weighted by molar-refractivity contribution is -0.142. The normalized spacial score (nSPS) is 28.4. The quantitative estimate of drug-likeness (QED) is 0.881. The van der Waals surface area contributed by atoms with E-state index >= 15 is 0 Å². The van der Waals surface area contributed by atoms with Crippen molar-refractivity contribution in [1.82, 2.24) is 4.90 Å². The van der Waals surface area contributed by atoms with E-state index in [1.165, 1.54) is 19.3 Å². The van der Waals surface area contributed by atoms with Crippen LogP contribution in [0.4, 0.5) is 0 Å². The Hall–Kier alpha value is -1.07. The Balaban J connectivity index is 1.87. The Morgan fingerprint density at radius 2 is 2.18 bits per heavy atom. The van der Waals surface area contributed by atoms with Crippen molar-refractivity contribution in [2.24, 2.45) is 5.92 Å². The number of benzene rings is 1. The number of halogens is 1.